The van der Waals surface area contributed by atoms with E-state index in [1.54, 1.807) is 4.31 Å². The van der Waals surface area contributed by atoms with Crippen molar-refractivity contribution < 1.29 is 8.42 Å². The Bertz CT molecular complexity index is 401. The molecule has 1 fully saturated rings. The van der Waals surface area contributed by atoms with E-state index in [0.717, 1.165) is 32.1 Å². The van der Waals surface area contributed by atoms with Crippen molar-refractivity contribution in [3.63, 3.8) is 0 Å². The lowest BCUT2D eigenvalue weighted by molar-refractivity contribution is 0.226. The van der Waals surface area contributed by atoms with Crippen molar-refractivity contribution in [2.24, 2.45) is 5.41 Å². The van der Waals surface area contributed by atoms with Gasteiger partial charge in [-0.1, -0.05) is 33.6 Å². The topological polar surface area (TPSA) is 37.4 Å². The molecule has 120 valence electrons. The van der Waals surface area contributed by atoms with Crippen LogP contribution in [0.15, 0.2) is 0 Å². The largest absolute Gasteiger partial charge is 0.217 e. The third-order valence-corrected chi connectivity index (χ3v) is 6.73. The first-order valence-corrected chi connectivity index (χ1v) is 9.46. The van der Waals surface area contributed by atoms with Gasteiger partial charge in [0.15, 0.2) is 0 Å². The summed E-state index contributed by atoms with van der Waals surface area (Å²) in [6.07, 6.45) is 5.99. The van der Waals surface area contributed by atoms with Crippen LogP contribution in [0.1, 0.15) is 80.1 Å². The molecule has 0 bridgehead atoms. The van der Waals surface area contributed by atoms with E-state index in [1.807, 2.05) is 20.8 Å². The number of rotatable bonds is 4. The van der Waals surface area contributed by atoms with Gasteiger partial charge in [0.05, 0.1) is 5.25 Å². The van der Waals surface area contributed by atoms with Gasteiger partial charge < -0.3 is 0 Å². The Balaban J connectivity index is 2.58. The molecule has 4 heteroatoms. The summed E-state index contributed by atoms with van der Waals surface area (Å²) in [7, 11) is -3.10. The van der Waals surface area contributed by atoms with Gasteiger partial charge in [0.2, 0.25) is 10.0 Å². The fourth-order valence-corrected chi connectivity index (χ4v) is 5.39. The summed E-state index contributed by atoms with van der Waals surface area (Å²) in [6.45, 7) is 13.4. The molecule has 20 heavy (non-hydrogen) atoms. The molecule has 0 amide bonds. The number of hydrogen-bond acceptors (Lipinski definition) is 2. The molecule has 0 aromatic heterocycles. The van der Waals surface area contributed by atoms with Crippen molar-refractivity contribution in [3.05, 3.63) is 0 Å². The highest BCUT2D eigenvalue weighted by Gasteiger charge is 2.40. The quantitative estimate of drug-likeness (QED) is 0.730. The van der Waals surface area contributed by atoms with Gasteiger partial charge in [-0.2, -0.15) is 4.31 Å². The summed E-state index contributed by atoms with van der Waals surface area (Å²) in [5, 5.41) is -0.157. The first-order chi connectivity index (χ1) is 8.94. The van der Waals surface area contributed by atoms with Crippen LogP contribution in [0.25, 0.3) is 0 Å². The molecule has 1 unspecified atom stereocenters. The molecular formula is C16H33NO2S. The van der Waals surface area contributed by atoms with Crippen LogP contribution in [-0.2, 0) is 10.0 Å². The summed E-state index contributed by atoms with van der Waals surface area (Å²) < 4.78 is 27.1. The Hall–Kier alpha value is -0.0900. The number of sulfonamides is 1. The van der Waals surface area contributed by atoms with Crippen molar-refractivity contribution in [2.45, 2.75) is 90.9 Å². The van der Waals surface area contributed by atoms with Crippen LogP contribution in [0.3, 0.4) is 0 Å². The van der Waals surface area contributed by atoms with Gasteiger partial charge in [-0.15, -0.1) is 0 Å². The Morgan fingerprint density at radius 2 is 1.65 bits per heavy atom. The number of hydrogen-bond donors (Lipinski definition) is 0. The lowest BCUT2D eigenvalue weighted by Crippen LogP contribution is -2.52. The van der Waals surface area contributed by atoms with Gasteiger partial charge in [0.1, 0.15) is 0 Å². The Labute approximate surface area is 126 Å². The number of nitrogens with zero attached hydrogens (tertiary/aromatic N) is 1. The molecule has 1 atom stereocenters. The van der Waals surface area contributed by atoms with E-state index >= 15 is 0 Å². The minimum absolute atomic E-state index is 0.157. The highest BCUT2D eigenvalue weighted by Crippen LogP contribution is 2.31. The van der Waals surface area contributed by atoms with E-state index < -0.39 is 10.0 Å². The minimum Gasteiger partial charge on any atom is -0.212 e. The molecular weight excluding hydrogens is 270 g/mol. The van der Waals surface area contributed by atoms with E-state index in [1.165, 1.54) is 6.42 Å². The van der Waals surface area contributed by atoms with Crippen LogP contribution in [0.2, 0.25) is 0 Å². The van der Waals surface area contributed by atoms with E-state index in [-0.39, 0.29) is 10.8 Å². The maximum atomic E-state index is 12.7. The predicted octanol–water partition coefficient (Wildman–Crippen LogP) is 4.19. The van der Waals surface area contributed by atoms with Gasteiger partial charge >= 0.3 is 0 Å². The molecule has 1 rings (SSSR count). The van der Waals surface area contributed by atoms with Gasteiger partial charge in [0, 0.05) is 12.1 Å². The smallest absolute Gasteiger partial charge is 0.212 e. The monoisotopic (exact) mass is 303 g/mol. The highest BCUT2D eigenvalue weighted by atomic mass is 32.2. The second-order valence-electron chi connectivity index (χ2n) is 8.36. The molecule has 1 aliphatic heterocycles. The van der Waals surface area contributed by atoms with Gasteiger partial charge in [-0.05, 0) is 51.9 Å². The van der Waals surface area contributed by atoms with Gasteiger partial charge in [0.25, 0.3) is 0 Å². The molecule has 3 nitrogen and oxygen atoms in total. The van der Waals surface area contributed by atoms with Crippen LogP contribution in [-0.4, -0.2) is 30.1 Å². The minimum atomic E-state index is -3.10. The molecule has 0 spiro atoms. The third kappa shape index (κ3) is 5.03. The second kappa shape index (κ2) is 6.35. The molecule has 0 saturated carbocycles. The summed E-state index contributed by atoms with van der Waals surface area (Å²) in [4.78, 5) is 0. The van der Waals surface area contributed by atoms with Crippen molar-refractivity contribution in [1.82, 2.24) is 4.31 Å². The zero-order chi connectivity index (χ0) is 15.6. The van der Waals surface area contributed by atoms with Crippen LogP contribution in [0, 0.1) is 5.41 Å². The summed E-state index contributed by atoms with van der Waals surface area (Å²) in [5.74, 6) is 0. The van der Waals surface area contributed by atoms with E-state index in [9.17, 15) is 8.42 Å². The van der Waals surface area contributed by atoms with E-state index in [4.69, 9.17) is 0 Å². The van der Waals surface area contributed by atoms with Crippen molar-refractivity contribution in [3.8, 4) is 0 Å². The lowest BCUT2D eigenvalue weighted by Gasteiger charge is -2.40. The zero-order valence-electron chi connectivity index (χ0n) is 14.2. The first-order valence-electron chi connectivity index (χ1n) is 7.96. The molecule has 0 N–H and O–H groups in total. The Morgan fingerprint density at radius 3 is 2.15 bits per heavy atom. The maximum Gasteiger partial charge on any atom is 0.217 e. The highest BCUT2D eigenvalue weighted by molar-refractivity contribution is 7.89. The lowest BCUT2D eigenvalue weighted by atomic mass is 9.89. The average molecular weight is 304 g/mol. The van der Waals surface area contributed by atoms with E-state index in [2.05, 4.69) is 20.8 Å². The standard InChI is InChI=1S/C16H33NO2S/c1-15(2,3)12-8-7-10-14-11-9-13-17(16(4,5)6)20(14,18)19/h14H,7-13H2,1-6H3. The molecule has 1 heterocycles. The van der Waals surface area contributed by atoms with Gasteiger partial charge in [-0.25, -0.2) is 8.42 Å². The zero-order valence-corrected chi connectivity index (χ0v) is 15.0. The van der Waals surface area contributed by atoms with Crippen molar-refractivity contribution in [2.75, 3.05) is 6.54 Å². The Morgan fingerprint density at radius 1 is 1.05 bits per heavy atom. The number of unbranched alkanes of at least 4 members (excludes halogenated alkanes) is 1. The normalized spacial score (nSPS) is 24.8. The second-order valence-corrected chi connectivity index (χ2v) is 10.5. The fraction of sp³-hybridized carbons (Fsp3) is 1.00. The predicted molar refractivity (Wildman–Crippen MR) is 86.3 cm³/mol. The molecule has 0 aromatic rings. The summed E-state index contributed by atoms with van der Waals surface area (Å²) in [5.41, 5.74) is 0.0613. The third-order valence-electron chi connectivity index (χ3n) is 4.07. The molecule has 0 radical (unpaired) electrons. The van der Waals surface area contributed by atoms with Gasteiger partial charge in [-0.3, -0.25) is 0 Å². The maximum absolute atomic E-state index is 12.7. The molecule has 1 aliphatic rings. The van der Waals surface area contributed by atoms with Crippen molar-refractivity contribution in [1.29, 1.82) is 0 Å². The SMILES string of the molecule is CC(C)(C)CCCCC1CCCN(C(C)(C)C)S1(=O)=O. The summed E-state index contributed by atoms with van der Waals surface area (Å²) in [6, 6.07) is 0. The van der Waals surface area contributed by atoms with Crippen molar-refractivity contribution >= 4 is 10.0 Å². The molecule has 0 aliphatic carbocycles. The van der Waals surface area contributed by atoms with Crippen LogP contribution in [0.4, 0.5) is 0 Å². The van der Waals surface area contributed by atoms with Crippen LogP contribution >= 0.6 is 0 Å². The van der Waals surface area contributed by atoms with Crippen LogP contribution in [0.5, 0.6) is 0 Å². The molecule has 1 saturated heterocycles. The summed E-state index contributed by atoms with van der Waals surface area (Å²) >= 11 is 0. The molecule has 0 aromatic carbocycles. The fourth-order valence-electron chi connectivity index (χ4n) is 2.96. The first kappa shape index (κ1) is 18.0. The Kier molecular flexibility index (Phi) is 5.70. The van der Waals surface area contributed by atoms with Crippen LogP contribution < -0.4 is 0 Å². The average Bonchev–Trinajstić information content (AvgIpc) is 2.22. The van der Waals surface area contributed by atoms with E-state index in [0.29, 0.717) is 12.0 Å².